The summed E-state index contributed by atoms with van der Waals surface area (Å²) in [6, 6.07) is -1.44. The fourth-order valence-electron chi connectivity index (χ4n) is 4.11. The second-order valence-corrected chi connectivity index (χ2v) is 6.20. The highest BCUT2D eigenvalue weighted by Crippen LogP contribution is 2.46. The molecule has 0 N–H and O–H groups in total. The van der Waals surface area contributed by atoms with E-state index in [4.69, 9.17) is 0 Å². The van der Waals surface area contributed by atoms with E-state index in [1.807, 2.05) is 13.8 Å². The Bertz CT molecular complexity index is 328. The third-order valence-electron chi connectivity index (χ3n) is 4.67. The van der Waals surface area contributed by atoms with Crippen molar-refractivity contribution < 1.29 is 9.85 Å². The summed E-state index contributed by atoms with van der Waals surface area (Å²) < 4.78 is 0. The largest absolute Gasteiger partial charge is 0.264 e. The van der Waals surface area contributed by atoms with Crippen molar-refractivity contribution in [1.29, 1.82) is 0 Å². The molecule has 0 aliphatic heterocycles. The Hall–Kier alpha value is -1.20. The Kier molecular flexibility index (Phi) is 3.54. The quantitative estimate of drug-likeness (QED) is 0.560. The van der Waals surface area contributed by atoms with Gasteiger partial charge in [0, 0.05) is 22.7 Å². The molecule has 2 rings (SSSR count). The van der Waals surface area contributed by atoms with Gasteiger partial charge in [-0.25, -0.2) is 0 Å². The van der Waals surface area contributed by atoms with Crippen LogP contribution >= 0.6 is 0 Å². The van der Waals surface area contributed by atoms with Crippen LogP contribution < -0.4 is 0 Å². The van der Waals surface area contributed by atoms with Crippen molar-refractivity contribution in [2.24, 2.45) is 23.7 Å². The van der Waals surface area contributed by atoms with Crippen LogP contribution in [-0.2, 0) is 0 Å². The van der Waals surface area contributed by atoms with Crippen molar-refractivity contribution in [3.8, 4) is 0 Å². The Balaban J connectivity index is 2.28. The second-order valence-electron chi connectivity index (χ2n) is 6.20. The lowest BCUT2D eigenvalue weighted by Crippen LogP contribution is -2.52. The van der Waals surface area contributed by atoms with E-state index >= 15 is 0 Å². The maximum absolute atomic E-state index is 11.2. The summed E-state index contributed by atoms with van der Waals surface area (Å²) in [6.07, 6.45) is 2.80. The molecule has 18 heavy (non-hydrogen) atoms. The summed E-state index contributed by atoms with van der Waals surface area (Å²) in [5.41, 5.74) is 0. The Morgan fingerprint density at radius 3 is 1.56 bits per heavy atom. The highest BCUT2D eigenvalue weighted by molar-refractivity contribution is 4.94. The van der Waals surface area contributed by atoms with Gasteiger partial charge in [0.05, 0.1) is 5.92 Å². The van der Waals surface area contributed by atoms with Gasteiger partial charge in [0.1, 0.15) is 0 Å². The SMILES string of the molecule is CC1CC2CC(C)CC([N+](=O)[O-])C2C([N+](=O)[O-])C1. The smallest absolute Gasteiger partial charge is 0.223 e. The number of nitrogens with zero attached hydrogens (tertiary/aromatic N) is 2. The molecular weight excluding hydrogens is 236 g/mol. The first kappa shape index (κ1) is 13.2. The molecule has 0 saturated heterocycles. The summed E-state index contributed by atoms with van der Waals surface area (Å²) in [4.78, 5) is 21.8. The van der Waals surface area contributed by atoms with Crippen molar-refractivity contribution in [3.05, 3.63) is 20.2 Å². The summed E-state index contributed by atoms with van der Waals surface area (Å²) in [7, 11) is 0. The number of hydrogen-bond acceptors (Lipinski definition) is 4. The first-order valence-corrected chi connectivity index (χ1v) is 6.67. The van der Waals surface area contributed by atoms with Crippen molar-refractivity contribution in [2.75, 3.05) is 0 Å². The van der Waals surface area contributed by atoms with E-state index in [0.717, 1.165) is 12.8 Å². The fraction of sp³-hybridized carbons (Fsp3) is 1.00. The highest BCUT2D eigenvalue weighted by Gasteiger charge is 2.54. The van der Waals surface area contributed by atoms with Crippen molar-refractivity contribution in [3.63, 3.8) is 0 Å². The molecule has 0 radical (unpaired) electrons. The normalized spacial score (nSPS) is 44.1. The Morgan fingerprint density at radius 2 is 1.22 bits per heavy atom. The van der Waals surface area contributed by atoms with Gasteiger partial charge in [-0.3, -0.25) is 20.2 Å². The molecule has 2 fully saturated rings. The molecule has 0 aromatic rings. The van der Waals surface area contributed by atoms with Gasteiger partial charge in [-0.1, -0.05) is 13.8 Å². The minimum Gasteiger partial charge on any atom is -0.264 e. The molecule has 2 aliphatic carbocycles. The minimum atomic E-state index is -0.721. The van der Waals surface area contributed by atoms with E-state index in [-0.39, 0.29) is 21.7 Å². The molecule has 0 bridgehead atoms. The zero-order valence-corrected chi connectivity index (χ0v) is 10.8. The zero-order chi connectivity index (χ0) is 13.4. The number of rotatable bonds is 2. The summed E-state index contributed by atoms with van der Waals surface area (Å²) >= 11 is 0. The van der Waals surface area contributed by atoms with Crippen LogP contribution in [0.5, 0.6) is 0 Å². The molecule has 102 valence electrons. The second kappa shape index (κ2) is 4.82. The maximum Gasteiger partial charge on any atom is 0.223 e. The predicted molar refractivity (Wildman–Crippen MR) is 65.3 cm³/mol. The van der Waals surface area contributed by atoms with Crippen LogP contribution in [0.4, 0.5) is 0 Å². The van der Waals surface area contributed by atoms with E-state index in [2.05, 4.69) is 0 Å². The van der Waals surface area contributed by atoms with Crippen molar-refractivity contribution >= 4 is 0 Å². The lowest BCUT2D eigenvalue weighted by atomic mass is 9.61. The topological polar surface area (TPSA) is 86.3 Å². The van der Waals surface area contributed by atoms with E-state index in [1.165, 1.54) is 0 Å². The van der Waals surface area contributed by atoms with Gasteiger partial charge in [0.2, 0.25) is 12.1 Å². The molecule has 6 heteroatoms. The van der Waals surface area contributed by atoms with Crippen molar-refractivity contribution in [1.82, 2.24) is 0 Å². The molecule has 0 aromatic heterocycles. The van der Waals surface area contributed by atoms with Crippen LogP contribution in [0.2, 0.25) is 0 Å². The average Bonchev–Trinajstić information content (AvgIpc) is 2.25. The average molecular weight is 256 g/mol. The molecule has 4 unspecified atom stereocenters. The Labute approximate surface area is 106 Å². The first-order valence-electron chi connectivity index (χ1n) is 6.67. The minimum absolute atomic E-state index is 0.156. The van der Waals surface area contributed by atoms with Crippen LogP contribution in [0.15, 0.2) is 0 Å². The maximum atomic E-state index is 11.2. The van der Waals surface area contributed by atoms with Gasteiger partial charge in [0.15, 0.2) is 0 Å². The van der Waals surface area contributed by atoms with E-state index in [1.54, 1.807) is 0 Å². The van der Waals surface area contributed by atoms with Gasteiger partial charge in [0.25, 0.3) is 0 Å². The van der Waals surface area contributed by atoms with Crippen LogP contribution in [0.3, 0.4) is 0 Å². The van der Waals surface area contributed by atoms with Crippen molar-refractivity contribution in [2.45, 2.75) is 51.6 Å². The molecule has 0 aromatic carbocycles. The van der Waals surface area contributed by atoms with Gasteiger partial charge in [-0.05, 0) is 30.6 Å². The number of nitro groups is 2. The van der Waals surface area contributed by atoms with Gasteiger partial charge in [-0.15, -0.1) is 0 Å². The summed E-state index contributed by atoms with van der Waals surface area (Å²) in [6.45, 7) is 4.04. The fourth-order valence-corrected chi connectivity index (χ4v) is 4.11. The lowest BCUT2D eigenvalue weighted by molar-refractivity contribution is -0.587. The van der Waals surface area contributed by atoms with Gasteiger partial charge >= 0.3 is 0 Å². The summed E-state index contributed by atoms with van der Waals surface area (Å²) in [5, 5.41) is 22.4. The predicted octanol–water partition coefficient (Wildman–Crippen LogP) is 2.37. The highest BCUT2D eigenvalue weighted by atomic mass is 16.6. The molecular formula is C12H20N2O4. The molecule has 6 nitrogen and oxygen atoms in total. The third kappa shape index (κ3) is 2.33. The Morgan fingerprint density at radius 1 is 0.833 bits per heavy atom. The van der Waals surface area contributed by atoms with Crippen LogP contribution in [0.25, 0.3) is 0 Å². The van der Waals surface area contributed by atoms with E-state index in [0.29, 0.717) is 24.7 Å². The van der Waals surface area contributed by atoms with Gasteiger partial charge in [-0.2, -0.15) is 0 Å². The van der Waals surface area contributed by atoms with E-state index < -0.39 is 12.1 Å². The molecule has 0 spiro atoms. The molecule has 0 amide bonds. The van der Waals surface area contributed by atoms with E-state index in [9.17, 15) is 20.2 Å². The summed E-state index contributed by atoms with van der Waals surface area (Å²) in [5.74, 6) is 0.407. The zero-order valence-electron chi connectivity index (χ0n) is 10.8. The van der Waals surface area contributed by atoms with Crippen LogP contribution in [0.1, 0.15) is 39.5 Å². The molecule has 4 atom stereocenters. The number of hydrogen-bond donors (Lipinski definition) is 0. The van der Waals surface area contributed by atoms with Crippen LogP contribution in [0, 0.1) is 43.9 Å². The monoisotopic (exact) mass is 256 g/mol. The standard InChI is InChI=1S/C12H20N2O4/c1-7-3-9-4-8(2)6-11(14(17)18)12(9)10(5-7)13(15)16/h7-12H,3-6H2,1-2H3. The van der Waals surface area contributed by atoms with Gasteiger partial charge < -0.3 is 0 Å². The lowest BCUT2D eigenvalue weighted by Gasteiger charge is -2.42. The van der Waals surface area contributed by atoms with Crippen LogP contribution in [-0.4, -0.2) is 21.9 Å². The molecule has 2 saturated carbocycles. The molecule has 2 aliphatic rings. The number of fused-ring (bicyclic) bond motifs is 1. The third-order valence-corrected chi connectivity index (χ3v) is 4.67. The molecule has 0 heterocycles. The first-order chi connectivity index (χ1) is 8.40.